The lowest BCUT2D eigenvalue weighted by molar-refractivity contribution is -0.142. The van der Waals surface area contributed by atoms with Gasteiger partial charge in [-0.1, -0.05) is 36.4 Å². The number of nitrogens with one attached hydrogen (secondary N) is 2. The molecule has 0 aromatic heterocycles. The number of amides is 2. The molecule has 1 fully saturated rings. The first-order valence-corrected chi connectivity index (χ1v) is 8.36. The summed E-state index contributed by atoms with van der Waals surface area (Å²) in [4.78, 5) is 23.0. The van der Waals surface area contributed by atoms with Crippen LogP contribution in [0.1, 0.15) is 31.2 Å². The average molecular weight is 326 g/mol. The van der Waals surface area contributed by atoms with Crippen molar-refractivity contribution < 1.29 is 14.7 Å². The Balaban J connectivity index is 1.47. The minimum atomic E-state index is -0.728. The highest BCUT2D eigenvalue weighted by atomic mass is 16.4. The van der Waals surface area contributed by atoms with Gasteiger partial charge in [0.15, 0.2) is 0 Å². The Labute approximate surface area is 141 Å². The van der Waals surface area contributed by atoms with Gasteiger partial charge in [0.1, 0.15) is 0 Å². The number of hydrogen-bond donors (Lipinski definition) is 3. The van der Waals surface area contributed by atoms with Gasteiger partial charge >= 0.3 is 12.0 Å². The van der Waals surface area contributed by atoms with E-state index in [-0.39, 0.29) is 18.0 Å². The summed E-state index contributed by atoms with van der Waals surface area (Å²) in [6.45, 7) is 0.473. The van der Waals surface area contributed by atoms with E-state index in [4.69, 9.17) is 5.11 Å². The van der Waals surface area contributed by atoms with Crippen molar-refractivity contribution in [3.05, 3.63) is 48.0 Å². The molecular formula is C19H22N2O3. The molecule has 3 rings (SSSR count). The maximum atomic E-state index is 12.0. The van der Waals surface area contributed by atoms with E-state index >= 15 is 0 Å². The van der Waals surface area contributed by atoms with Crippen LogP contribution in [0.25, 0.3) is 10.8 Å². The molecule has 5 heteroatoms. The third-order valence-corrected chi connectivity index (χ3v) is 4.68. The summed E-state index contributed by atoms with van der Waals surface area (Å²) in [6, 6.07) is 14.1. The molecule has 0 aliphatic heterocycles. The molecule has 0 bridgehead atoms. The summed E-state index contributed by atoms with van der Waals surface area (Å²) >= 11 is 0. The van der Waals surface area contributed by atoms with Crippen LogP contribution in [-0.4, -0.2) is 23.1 Å². The molecule has 0 saturated heterocycles. The van der Waals surface area contributed by atoms with Crippen LogP contribution in [0.3, 0.4) is 0 Å². The lowest BCUT2D eigenvalue weighted by atomic mass is 9.86. The summed E-state index contributed by atoms with van der Waals surface area (Å²) < 4.78 is 0. The van der Waals surface area contributed by atoms with E-state index in [0.29, 0.717) is 19.4 Å². The Morgan fingerprint density at radius 2 is 1.71 bits per heavy atom. The zero-order valence-electron chi connectivity index (χ0n) is 13.5. The molecule has 126 valence electrons. The van der Waals surface area contributed by atoms with E-state index < -0.39 is 5.97 Å². The highest BCUT2D eigenvalue weighted by Crippen LogP contribution is 2.24. The molecule has 1 aliphatic carbocycles. The van der Waals surface area contributed by atoms with Crippen molar-refractivity contribution in [1.29, 1.82) is 0 Å². The Morgan fingerprint density at radius 1 is 1.00 bits per heavy atom. The standard InChI is InChI=1S/C19H22N2O3/c22-18(23)15-7-9-17(10-8-15)21-19(24)20-12-13-5-6-14-3-1-2-4-16(14)11-13/h1-6,11,15,17H,7-10,12H2,(H,22,23)(H2,20,21,24). The first-order chi connectivity index (χ1) is 11.6. The second kappa shape index (κ2) is 7.34. The smallest absolute Gasteiger partial charge is 0.315 e. The summed E-state index contributed by atoms with van der Waals surface area (Å²) in [5.41, 5.74) is 1.05. The number of benzene rings is 2. The molecule has 2 aromatic carbocycles. The Hall–Kier alpha value is -2.56. The fraction of sp³-hybridized carbons (Fsp3) is 0.368. The van der Waals surface area contributed by atoms with Crippen molar-refractivity contribution in [2.75, 3.05) is 0 Å². The fourth-order valence-corrected chi connectivity index (χ4v) is 3.25. The molecule has 2 amide bonds. The molecule has 3 N–H and O–H groups in total. The topological polar surface area (TPSA) is 78.4 Å². The molecule has 2 aromatic rings. The second-order valence-corrected chi connectivity index (χ2v) is 6.40. The van der Waals surface area contributed by atoms with Gasteiger partial charge in [-0.15, -0.1) is 0 Å². The predicted octanol–water partition coefficient (Wildman–Crippen LogP) is 3.28. The normalized spacial score (nSPS) is 20.5. The van der Waals surface area contributed by atoms with Crippen LogP contribution in [0.4, 0.5) is 4.79 Å². The van der Waals surface area contributed by atoms with Crippen molar-refractivity contribution in [3.63, 3.8) is 0 Å². The minimum Gasteiger partial charge on any atom is -0.481 e. The highest BCUT2D eigenvalue weighted by Gasteiger charge is 2.26. The number of rotatable bonds is 4. The van der Waals surface area contributed by atoms with Gasteiger partial charge in [0.25, 0.3) is 0 Å². The number of aliphatic carboxylic acids is 1. The number of hydrogen-bond acceptors (Lipinski definition) is 2. The third-order valence-electron chi connectivity index (χ3n) is 4.68. The Bertz CT molecular complexity index is 736. The SMILES string of the molecule is O=C(NCc1ccc2ccccc2c1)NC1CCC(C(=O)O)CC1. The van der Waals surface area contributed by atoms with Gasteiger partial charge in [-0.3, -0.25) is 4.79 Å². The van der Waals surface area contributed by atoms with E-state index in [1.54, 1.807) is 0 Å². The summed E-state index contributed by atoms with van der Waals surface area (Å²) in [5.74, 6) is -0.988. The van der Waals surface area contributed by atoms with E-state index in [1.807, 2.05) is 18.2 Å². The lowest BCUT2D eigenvalue weighted by Crippen LogP contribution is -2.43. The van der Waals surface area contributed by atoms with Crippen LogP contribution in [0.15, 0.2) is 42.5 Å². The molecule has 0 spiro atoms. The van der Waals surface area contributed by atoms with Gasteiger partial charge < -0.3 is 15.7 Å². The number of carboxylic acids is 1. The van der Waals surface area contributed by atoms with Crippen LogP contribution >= 0.6 is 0 Å². The van der Waals surface area contributed by atoms with Gasteiger partial charge in [-0.2, -0.15) is 0 Å². The second-order valence-electron chi connectivity index (χ2n) is 6.40. The van der Waals surface area contributed by atoms with E-state index in [0.717, 1.165) is 23.8 Å². The van der Waals surface area contributed by atoms with Crippen LogP contribution < -0.4 is 10.6 Å². The van der Waals surface area contributed by atoms with Crippen LogP contribution in [0.2, 0.25) is 0 Å². The fourth-order valence-electron chi connectivity index (χ4n) is 3.25. The molecule has 0 radical (unpaired) electrons. The van der Waals surface area contributed by atoms with Crippen molar-refractivity contribution >= 4 is 22.8 Å². The molecule has 24 heavy (non-hydrogen) atoms. The molecule has 0 heterocycles. The summed E-state index contributed by atoms with van der Waals surface area (Å²) in [7, 11) is 0. The molecule has 0 unspecified atom stereocenters. The quantitative estimate of drug-likeness (QED) is 0.807. The maximum absolute atomic E-state index is 12.0. The first-order valence-electron chi connectivity index (χ1n) is 8.36. The monoisotopic (exact) mass is 326 g/mol. The predicted molar refractivity (Wildman–Crippen MR) is 92.7 cm³/mol. The van der Waals surface area contributed by atoms with Gasteiger partial charge in [0.05, 0.1) is 5.92 Å². The average Bonchev–Trinajstić information content (AvgIpc) is 2.60. The summed E-state index contributed by atoms with van der Waals surface area (Å²) in [5, 5.41) is 17.2. The molecule has 1 saturated carbocycles. The minimum absolute atomic E-state index is 0.0669. The van der Waals surface area contributed by atoms with Crippen molar-refractivity contribution in [1.82, 2.24) is 10.6 Å². The van der Waals surface area contributed by atoms with Crippen molar-refractivity contribution in [2.24, 2.45) is 5.92 Å². The highest BCUT2D eigenvalue weighted by molar-refractivity contribution is 5.83. The van der Waals surface area contributed by atoms with Crippen LogP contribution in [0.5, 0.6) is 0 Å². The number of carbonyl (C=O) groups excluding carboxylic acids is 1. The van der Waals surface area contributed by atoms with Gasteiger partial charge in [-0.05, 0) is 48.1 Å². The maximum Gasteiger partial charge on any atom is 0.315 e. The van der Waals surface area contributed by atoms with Gasteiger partial charge in [0.2, 0.25) is 0 Å². The van der Waals surface area contributed by atoms with E-state index in [9.17, 15) is 9.59 Å². The Morgan fingerprint density at radius 3 is 2.42 bits per heavy atom. The summed E-state index contributed by atoms with van der Waals surface area (Å²) in [6.07, 6.45) is 2.70. The van der Waals surface area contributed by atoms with Gasteiger partial charge in [-0.25, -0.2) is 4.79 Å². The zero-order chi connectivity index (χ0) is 16.9. The van der Waals surface area contributed by atoms with E-state index in [1.165, 1.54) is 5.39 Å². The lowest BCUT2D eigenvalue weighted by Gasteiger charge is -2.26. The first kappa shape index (κ1) is 16.3. The molecule has 5 nitrogen and oxygen atoms in total. The molecule has 0 atom stereocenters. The van der Waals surface area contributed by atoms with E-state index in [2.05, 4.69) is 34.9 Å². The number of carbonyl (C=O) groups is 2. The number of fused-ring (bicyclic) bond motifs is 1. The van der Waals surface area contributed by atoms with Crippen LogP contribution in [0, 0.1) is 5.92 Å². The van der Waals surface area contributed by atoms with Crippen LogP contribution in [-0.2, 0) is 11.3 Å². The Kier molecular flexibility index (Phi) is 4.99. The molecule has 1 aliphatic rings. The largest absolute Gasteiger partial charge is 0.481 e. The third kappa shape index (κ3) is 4.04. The zero-order valence-corrected chi connectivity index (χ0v) is 13.5. The molecular weight excluding hydrogens is 304 g/mol. The number of urea groups is 1. The van der Waals surface area contributed by atoms with Gasteiger partial charge in [0, 0.05) is 12.6 Å². The van der Waals surface area contributed by atoms with Crippen molar-refractivity contribution in [3.8, 4) is 0 Å². The number of carboxylic acid groups (broad SMARTS) is 1. The van der Waals surface area contributed by atoms with Crippen molar-refractivity contribution in [2.45, 2.75) is 38.3 Å².